The predicted molar refractivity (Wildman–Crippen MR) is 122 cm³/mol. The van der Waals surface area contributed by atoms with Crippen molar-refractivity contribution in [3.05, 3.63) is 89.5 Å². The van der Waals surface area contributed by atoms with E-state index in [0.29, 0.717) is 6.42 Å². The van der Waals surface area contributed by atoms with Gasteiger partial charge in [0.2, 0.25) is 5.91 Å². The molecule has 1 heterocycles. The molecule has 0 saturated heterocycles. The summed E-state index contributed by atoms with van der Waals surface area (Å²) < 4.78 is 2.00. The standard InChI is InChI=1S/C22H26N4O.2ClH/c1-16-8-10-19(11-9-16)17(2)25-22(27)21(23)12-20-14-26(15-24-20)13-18-6-4-3-5-7-18;;/h3-11,14-15,17,21H,12-13,23H2,1-2H3,(H,25,27);2*1H/t17?,21-;;/m0../s1. The molecule has 3 rings (SSSR count). The molecule has 29 heavy (non-hydrogen) atoms. The highest BCUT2D eigenvalue weighted by atomic mass is 35.5. The molecule has 0 spiro atoms. The summed E-state index contributed by atoms with van der Waals surface area (Å²) in [4.78, 5) is 16.8. The van der Waals surface area contributed by atoms with Gasteiger partial charge < -0.3 is 15.6 Å². The van der Waals surface area contributed by atoms with Crippen LogP contribution in [0.5, 0.6) is 0 Å². The van der Waals surface area contributed by atoms with Gasteiger partial charge in [0, 0.05) is 19.2 Å². The highest BCUT2D eigenvalue weighted by Gasteiger charge is 2.18. The Labute approximate surface area is 184 Å². The van der Waals surface area contributed by atoms with E-state index in [9.17, 15) is 4.79 Å². The van der Waals surface area contributed by atoms with Crippen LogP contribution in [0.2, 0.25) is 0 Å². The first-order valence-electron chi connectivity index (χ1n) is 9.18. The topological polar surface area (TPSA) is 72.9 Å². The number of hydrogen-bond acceptors (Lipinski definition) is 3. The minimum Gasteiger partial charge on any atom is -0.348 e. The minimum atomic E-state index is -0.627. The highest BCUT2D eigenvalue weighted by molar-refractivity contribution is 5.85. The average Bonchev–Trinajstić information content (AvgIpc) is 3.09. The van der Waals surface area contributed by atoms with E-state index >= 15 is 0 Å². The fourth-order valence-corrected chi connectivity index (χ4v) is 2.97. The van der Waals surface area contributed by atoms with Crippen molar-refractivity contribution in [1.82, 2.24) is 14.9 Å². The SMILES string of the molecule is Cc1ccc(C(C)NC(=O)[C@@H](N)Cc2cn(Cc3ccccc3)cn2)cc1.Cl.Cl. The number of carbonyl (C=O) groups excluding carboxylic acids is 1. The Morgan fingerprint density at radius 2 is 1.76 bits per heavy atom. The fourth-order valence-electron chi connectivity index (χ4n) is 2.97. The van der Waals surface area contributed by atoms with Gasteiger partial charge in [-0.1, -0.05) is 60.2 Å². The molecule has 0 saturated carbocycles. The number of nitrogens with zero attached hydrogens (tertiary/aromatic N) is 2. The number of aryl methyl sites for hydroxylation is 1. The van der Waals surface area contributed by atoms with E-state index < -0.39 is 6.04 Å². The number of amides is 1. The Kier molecular flexibility index (Phi) is 9.89. The van der Waals surface area contributed by atoms with Gasteiger partial charge in [-0.2, -0.15) is 0 Å². The second-order valence-corrected chi connectivity index (χ2v) is 6.97. The maximum atomic E-state index is 12.4. The molecule has 5 nitrogen and oxygen atoms in total. The van der Waals surface area contributed by atoms with Crippen LogP contribution in [0.3, 0.4) is 0 Å². The van der Waals surface area contributed by atoms with Crippen LogP contribution in [0.25, 0.3) is 0 Å². The summed E-state index contributed by atoms with van der Waals surface area (Å²) in [5.74, 6) is -0.166. The number of aromatic nitrogens is 2. The normalized spacial score (nSPS) is 12.2. The fraction of sp³-hybridized carbons (Fsp3) is 0.273. The summed E-state index contributed by atoms with van der Waals surface area (Å²) in [6.07, 6.45) is 4.14. The maximum Gasteiger partial charge on any atom is 0.237 e. The van der Waals surface area contributed by atoms with Gasteiger partial charge in [-0.05, 0) is 25.0 Å². The van der Waals surface area contributed by atoms with Gasteiger partial charge in [-0.15, -0.1) is 24.8 Å². The van der Waals surface area contributed by atoms with E-state index in [4.69, 9.17) is 5.73 Å². The molecule has 156 valence electrons. The van der Waals surface area contributed by atoms with Crippen molar-refractivity contribution in [3.8, 4) is 0 Å². The molecule has 1 aromatic heterocycles. The summed E-state index contributed by atoms with van der Waals surface area (Å²) in [5, 5.41) is 2.98. The van der Waals surface area contributed by atoms with Gasteiger partial charge in [-0.25, -0.2) is 4.98 Å². The second kappa shape index (κ2) is 11.6. The molecule has 1 unspecified atom stereocenters. The van der Waals surface area contributed by atoms with Gasteiger partial charge in [-0.3, -0.25) is 4.79 Å². The van der Waals surface area contributed by atoms with E-state index in [2.05, 4.69) is 22.4 Å². The zero-order chi connectivity index (χ0) is 19.2. The smallest absolute Gasteiger partial charge is 0.237 e. The first-order valence-corrected chi connectivity index (χ1v) is 9.18. The lowest BCUT2D eigenvalue weighted by Gasteiger charge is -2.17. The van der Waals surface area contributed by atoms with Crippen LogP contribution < -0.4 is 11.1 Å². The molecular weight excluding hydrogens is 407 g/mol. The van der Waals surface area contributed by atoms with Crippen molar-refractivity contribution in [2.75, 3.05) is 0 Å². The van der Waals surface area contributed by atoms with E-state index in [1.165, 1.54) is 11.1 Å². The number of carbonyl (C=O) groups is 1. The van der Waals surface area contributed by atoms with Crippen LogP contribution in [0.4, 0.5) is 0 Å². The van der Waals surface area contributed by atoms with E-state index in [-0.39, 0.29) is 36.8 Å². The lowest BCUT2D eigenvalue weighted by molar-refractivity contribution is -0.123. The van der Waals surface area contributed by atoms with Crippen LogP contribution >= 0.6 is 24.8 Å². The molecule has 0 aliphatic rings. The van der Waals surface area contributed by atoms with Crippen molar-refractivity contribution in [2.24, 2.45) is 5.73 Å². The van der Waals surface area contributed by atoms with Gasteiger partial charge in [0.25, 0.3) is 0 Å². The van der Waals surface area contributed by atoms with Gasteiger partial charge in [0.05, 0.1) is 24.1 Å². The third-order valence-electron chi connectivity index (χ3n) is 4.60. The molecule has 3 aromatic rings. The molecule has 0 aliphatic carbocycles. The molecule has 0 aliphatic heterocycles. The van der Waals surface area contributed by atoms with Gasteiger partial charge in [0.1, 0.15) is 0 Å². The molecule has 1 amide bonds. The number of rotatable bonds is 7. The van der Waals surface area contributed by atoms with Crippen molar-refractivity contribution in [2.45, 2.75) is 38.9 Å². The first kappa shape index (κ1) is 24.7. The Morgan fingerprint density at radius 3 is 2.41 bits per heavy atom. The number of nitrogens with one attached hydrogen (secondary N) is 1. The first-order chi connectivity index (χ1) is 13.0. The molecule has 2 atom stereocenters. The van der Waals surface area contributed by atoms with Crippen molar-refractivity contribution < 1.29 is 4.79 Å². The van der Waals surface area contributed by atoms with Crippen LogP contribution in [0.1, 0.15) is 35.3 Å². The van der Waals surface area contributed by atoms with E-state index in [1.807, 2.05) is 67.1 Å². The zero-order valence-corrected chi connectivity index (χ0v) is 18.2. The second-order valence-electron chi connectivity index (χ2n) is 6.97. The molecule has 0 radical (unpaired) electrons. The van der Waals surface area contributed by atoms with Gasteiger partial charge in [0.15, 0.2) is 0 Å². The van der Waals surface area contributed by atoms with E-state index in [0.717, 1.165) is 17.8 Å². The summed E-state index contributed by atoms with van der Waals surface area (Å²) in [6.45, 7) is 4.75. The van der Waals surface area contributed by atoms with Crippen LogP contribution in [-0.4, -0.2) is 21.5 Å². The predicted octanol–water partition coefficient (Wildman–Crippen LogP) is 3.83. The molecular formula is C22H28Cl2N4O. The lowest BCUT2D eigenvalue weighted by atomic mass is 10.1. The monoisotopic (exact) mass is 434 g/mol. The van der Waals surface area contributed by atoms with Crippen molar-refractivity contribution in [1.29, 1.82) is 0 Å². The van der Waals surface area contributed by atoms with Crippen molar-refractivity contribution >= 4 is 30.7 Å². The summed E-state index contributed by atoms with van der Waals surface area (Å²) in [6, 6.07) is 17.6. The largest absolute Gasteiger partial charge is 0.348 e. The lowest BCUT2D eigenvalue weighted by Crippen LogP contribution is -2.43. The Morgan fingerprint density at radius 1 is 1.10 bits per heavy atom. The summed E-state index contributed by atoms with van der Waals surface area (Å²) >= 11 is 0. The quantitative estimate of drug-likeness (QED) is 0.593. The van der Waals surface area contributed by atoms with Gasteiger partial charge >= 0.3 is 0 Å². The minimum absolute atomic E-state index is 0. The third kappa shape index (κ3) is 7.20. The maximum absolute atomic E-state index is 12.4. The van der Waals surface area contributed by atoms with Crippen LogP contribution in [-0.2, 0) is 17.8 Å². The van der Waals surface area contributed by atoms with Crippen LogP contribution in [0, 0.1) is 6.92 Å². The number of benzene rings is 2. The third-order valence-corrected chi connectivity index (χ3v) is 4.60. The highest BCUT2D eigenvalue weighted by Crippen LogP contribution is 2.13. The number of nitrogens with two attached hydrogens (primary N) is 1. The van der Waals surface area contributed by atoms with E-state index in [1.54, 1.807) is 6.33 Å². The molecule has 3 N–H and O–H groups in total. The Balaban J connectivity index is 0.00000210. The van der Waals surface area contributed by atoms with Crippen molar-refractivity contribution in [3.63, 3.8) is 0 Å². The Bertz CT molecular complexity index is 881. The summed E-state index contributed by atoms with van der Waals surface area (Å²) in [7, 11) is 0. The number of imidazole rings is 1. The molecule has 2 aromatic carbocycles. The summed E-state index contributed by atoms with van der Waals surface area (Å²) in [5.41, 5.74) is 10.4. The molecule has 7 heteroatoms. The number of hydrogen-bond donors (Lipinski definition) is 2. The Hall–Kier alpha value is -2.34. The number of halogens is 2. The average molecular weight is 435 g/mol. The zero-order valence-electron chi connectivity index (χ0n) is 16.6. The molecule has 0 bridgehead atoms. The van der Waals surface area contributed by atoms with Crippen LogP contribution in [0.15, 0.2) is 67.1 Å². The molecule has 0 fully saturated rings.